The first-order valence-electron chi connectivity index (χ1n) is 7.97. The fourth-order valence-electron chi connectivity index (χ4n) is 2.20. The minimum absolute atomic E-state index is 0.578. The van der Waals surface area contributed by atoms with E-state index < -0.39 is 0 Å². The molecule has 0 bridgehead atoms. The molecule has 0 aliphatic rings. The van der Waals surface area contributed by atoms with Crippen LogP contribution < -0.4 is 0 Å². The zero-order chi connectivity index (χ0) is 18.5. The van der Waals surface area contributed by atoms with Crippen LogP contribution in [0.4, 0.5) is 22.7 Å². The highest BCUT2D eigenvalue weighted by atomic mass is 35.5. The second-order valence-electron chi connectivity index (χ2n) is 5.83. The van der Waals surface area contributed by atoms with Crippen LogP contribution >= 0.6 is 23.2 Å². The first kappa shape index (κ1) is 18.2. The van der Waals surface area contributed by atoms with Gasteiger partial charge in [0.15, 0.2) is 0 Å². The lowest BCUT2D eigenvalue weighted by atomic mass is 10.2. The first-order valence-corrected chi connectivity index (χ1v) is 8.73. The smallest absolute Gasteiger partial charge is 0.104 e. The van der Waals surface area contributed by atoms with Gasteiger partial charge in [-0.3, -0.25) is 0 Å². The normalized spacial score (nSPS) is 11.5. The number of halogens is 2. The zero-order valence-electron chi connectivity index (χ0n) is 14.3. The van der Waals surface area contributed by atoms with E-state index in [-0.39, 0.29) is 0 Å². The summed E-state index contributed by atoms with van der Waals surface area (Å²) in [5.74, 6) is 0. The summed E-state index contributed by atoms with van der Waals surface area (Å²) in [6.45, 7) is 3.95. The summed E-state index contributed by atoms with van der Waals surface area (Å²) in [5.41, 5.74) is 4.84. The van der Waals surface area contributed by atoms with Crippen molar-refractivity contribution in [3.05, 3.63) is 81.8 Å². The molecule has 0 saturated heterocycles. The fraction of sp³-hybridized carbons (Fsp3) is 0.100. The van der Waals surface area contributed by atoms with Crippen LogP contribution in [-0.2, 0) is 0 Å². The third-order valence-corrected chi connectivity index (χ3v) is 4.21. The molecule has 0 unspecified atom stereocenters. The van der Waals surface area contributed by atoms with E-state index in [0.717, 1.165) is 11.1 Å². The molecule has 3 aromatic carbocycles. The van der Waals surface area contributed by atoms with Crippen molar-refractivity contribution in [3.63, 3.8) is 0 Å². The van der Waals surface area contributed by atoms with E-state index in [0.29, 0.717) is 32.8 Å². The molecule has 3 rings (SSSR count). The number of hydrogen-bond donors (Lipinski definition) is 0. The van der Waals surface area contributed by atoms with Gasteiger partial charge in [-0.2, -0.15) is 10.2 Å². The second-order valence-corrected chi connectivity index (χ2v) is 6.64. The van der Waals surface area contributed by atoms with Crippen molar-refractivity contribution in [2.24, 2.45) is 20.5 Å². The van der Waals surface area contributed by atoms with E-state index >= 15 is 0 Å². The average Bonchev–Trinajstić information content (AvgIpc) is 2.61. The maximum atomic E-state index is 6.15. The third-order valence-electron chi connectivity index (χ3n) is 3.60. The Labute approximate surface area is 162 Å². The van der Waals surface area contributed by atoms with Crippen LogP contribution in [0.25, 0.3) is 0 Å². The average molecular weight is 383 g/mol. The highest BCUT2D eigenvalue weighted by molar-refractivity contribution is 6.33. The summed E-state index contributed by atoms with van der Waals surface area (Å²) >= 11 is 12.3. The molecule has 6 heteroatoms. The van der Waals surface area contributed by atoms with Crippen LogP contribution in [0.3, 0.4) is 0 Å². The maximum Gasteiger partial charge on any atom is 0.104 e. The van der Waals surface area contributed by atoms with Gasteiger partial charge in [0.05, 0.1) is 21.4 Å². The number of rotatable bonds is 4. The lowest BCUT2D eigenvalue weighted by Gasteiger charge is -1.99. The molecular formula is C20H16Cl2N4. The van der Waals surface area contributed by atoms with Gasteiger partial charge in [-0.1, -0.05) is 35.3 Å². The van der Waals surface area contributed by atoms with Crippen LogP contribution in [0, 0.1) is 13.8 Å². The molecule has 0 aliphatic carbocycles. The maximum absolute atomic E-state index is 6.15. The lowest BCUT2D eigenvalue weighted by molar-refractivity contribution is 1.21. The topological polar surface area (TPSA) is 49.4 Å². The van der Waals surface area contributed by atoms with E-state index in [1.54, 1.807) is 0 Å². The van der Waals surface area contributed by atoms with Crippen molar-refractivity contribution in [2.75, 3.05) is 0 Å². The number of azo groups is 2. The van der Waals surface area contributed by atoms with Crippen molar-refractivity contribution in [1.82, 2.24) is 0 Å². The minimum Gasteiger partial charge on any atom is -0.151 e. The van der Waals surface area contributed by atoms with Gasteiger partial charge in [0, 0.05) is 0 Å². The minimum atomic E-state index is 0.578. The highest BCUT2D eigenvalue weighted by Crippen LogP contribution is 2.30. The molecular weight excluding hydrogens is 367 g/mol. The van der Waals surface area contributed by atoms with Gasteiger partial charge in [-0.25, -0.2) is 0 Å². The molecule has 4 nitrogen and oxygen atoms in total. The van der Waals surface area contributed by atoms with E-state index in [1.165, 1.54) is 0 Å². The molecule has 0 N–H and O–H groups in total. The third kappa shape index (κ3) is 4.75. The monoisotopic (exact) mass is 382 g/mol. The van der Waals surface area contributed by atoms with Crippen molar-refractivity contribution in [2.45, 2.75) is 13.8 Å². The molecule has 0 radical (unpaired) electrons. The molecule has 0 spiro atoms. The van der Waals surface area contributed by atoms with E-state index in [2.05, 4.69) is 20.5 Å². The van der Waals surface area contributed by atoms with E-state index in [4.69, 9.17) is 23.2 Å². The van der Waals surface area contributed by atoms with Gasteiger partial charge >= 0.3 is 0 Å². The SMILES string of the molecule is Cc1ccc(N=Nc2ccc(N=Nc3ccc(C)cc3Cl)cc2)c(Cl)c1. The van der Waals surface area contributed by atoms with Gasteiger partial charge < -0.3 is 0 Å². The second kappa shape index (κ2) is 8.21. The number of nitrogens with zero attached hydrogens (tertiary/aromatic N) is 4. The Bertz CT molecular complexity index is 899. The predicted octanol–water partition coefficient (Wildman–Crippen LogP) is 8.44. The van der Waals surface area contributed by atoms with Crippen LogP contribution in [-0.4, -0.2) is 0 Å². The Kier molecular flexibility index (Phi) is 5.76. The zero-order valence-corrected chi connectivity index (χ0v) is 15.8. The summed E-state index contributed by atoms with van der Waals surface area (Å²) in [5, 5.41) is 17.9. The van der Waals surface area contributed by atoms with Gasteiger partial charge in [0.25, 0.3) is 0 Å². The Balaban J connectivity index is 1.72. The summed E-state index contributed by atoms with van der Waals surface area (Å²) in [7, 11) is 0. The first-order chi connectivity index (χ1) is 12.5. The molecule has 0 saturated carbocycles. The molecule has 0 aromatic heterocycles. The van der Waals surface area contributed by atoms with Crippen LogP contribution in [0.5, 0.6) is 0 Å². The van der Waals surface area contributed by atoms with Crippen molar-refractivity contribution in [1.29, 1.82) is 0 Å². The summed E-state index contributed by atoms with van der Waals surface area (Å²) in [4.78, 5) is 0. The van der Waals surface area contributed by atoms with Crippen molar-refractivity contribution < 1.29 is 0 Å². The summed E-state index contributed by atoms with van der Waals surface area (Å²) < 4.78 is 0. The Hall–Kier alpha value is -2.56. The molecule has 3 aromatic rings. The Morgan fingerprint density at radius 2 is 0.923 bits per heavy atom. The summed E-state index contributed by atoms with van der Waals surface area (Å²) in [6.07, 6.45) is 0. The van der Waals surface area contributed by atoms with E-state index in [1.807, 2.05) is 74.5 Å². The fourth-order valence-corrected chi connectivity index (χ4v) is 2.74. The van der Waals surface area contributed by atoms with Crippen LogP contribution in [0.2, 0.25) is 10.0 Å². The lowest BCUT2D eigenvalue weighted by Crippen LogP contribution is -1.73. The molecule has 0 amide bonds. The standard InChI is InChI=1S/C20H16Cl2N4/c1-13-3-9-19(17(21)11-13)25-23-15-5-7-16(8-6-15)24-26-20-10-4-14(2)12-18(20)22/h3-12H,1-2H3. The number of aryl methyl sites for hydroxylation is 2. The molecule has 130 valence electrons. The molecule has 0 fully saturated rings. The Morgan fingerprint density at radius 1 is 0.538 bits per heavy atom. The number of benzene rings is 3. The van der Waals surface area contributed by atoms with Crippen LogP contribution in [0.15, 0.2) is 81.1 Å². The van der Waals surface area contributed by atoms with Crippen molar-refractivity contribution in [3.8, 4) is 0 Å². The van der Waals surface area contributed by atoms with Gasteiger partial charge in [0.2, 0.25) is 0 Å². The summed E-state index contributed by atoms with van der Waals surface area (Å²) in [6, 6.07) is 18.6. The van der Waals surface area contributed by atoms with Crippen molar-refractivity contribution >= 4 is 46.0 Å². The van der Waals surface area contributed by atoms with E-state index in [9.17, 15) is 0 Å². The molecule has 0 heterocycles. The van der Waals surface area contributed by atoms with Gasteiger partial charge in [0.1, 0.15) is 11.4 Å². The highest BCUT2D eigenvalue weighted by Gasteiger charge is 2.00. The quantitative estimate of drug-likeness (QED) is 0.406. The molecule has 0 aliphatic heterocycles. The number of hydrogen-bond acceptors (Lipinski definition) is 4. The van der Waals surface area contributed by atoms with Gasteiger partial charge in [-0.15, -0.1) is 10.2 Å². The van der Waals surface area contributed by atoms with Crippen LogP contribution in [0.1, 0.15) is 11.1 Å². The largest absolute Gasteiger partial charge is 0.151 e. The molecule has 0 atom stereocenters. The predicted molar refractivity (Wildman–Crippen MR) is 107 cm³/mol. The Morgan fingerprint density at radius 3 is 1.27 bits per heavy atom. The molecule has 26 heavy (non-hydrogen) atoms. The van der Waals surface area contributed by atoms with Gasteiger partial charge in [-0.05, 0) is 73.5 Å².